The number of rotatable bonds is 2. The van der Waals surface area contributed by atoms with Crippen LogP contribution in [0.25, 0.3) is 0 Å². The van der Waals surface area contributed by atoms with Crippen LogP contribution in [0.2, 0.25) is 0 Å². The Kier molecular flexibility index (Phi) is 2.76. The molecule has 0 bridgehead atoms. The van der Waals surface area contributed by atoms with Gasteiger partial charge in [0.1, 0.15) is 0 Å². The molecule has 1 aromatic heterocycles. The molecule has 1 aromatic rings. The van der Waals surface area contributed by atoms with E-state index < -0.39 is 0 Å². The van der Waals surface area contributed by atoms with E-state index in [1.165, 1.54) is 4.88 Å². The molecule has 1 atom stereocenters. The van der Waals surface area contributed by atoms with E-state index in [0.717, 1.165) is 26.1 Å². The number of hydrogen-bond donors (Lipinski definition) is 1. The highest BCUT2D eigenvalue weighted by Gasteiger charge is 2.13. The molecule has 1 saturated heterocycles. The maximum absolute atomic E-state index is 5.60. The molecule has 0 aliphatic carbocycles. The van der Waals surface area contributed by atoms with Gasteiger partial charge in [-0.3, -0.25) is 0 Å². The summed E-state index contributed by atoms with van der Waals surface area (Å²) >= 11 is 1.81. The van der Waals surface area contributed by atoms with Crippen molar-refractivity contribution < 1.29 is 4.74 Å². The fourth-order valence-electron chi connectivity index (χ4n) is 1.40. The van der Waals surface area contributed by atoms with E-state index in [0.29, 0.717) is 6.10 Å². The lowest BCUT2D eigenvalue weighted by Crippen LogP contribution is -2.39. The quantitative estimate of drug-likeness (QED) is 0.745. The van der Waals surface area contributed by atoms with Crippen molar-refractivity contribution in [2.45, 2.75) is 12.5 Å². The SMILES string of the molecule is c1csc(C[C@@H]2CNCCO2)c1. The normalized spacial score (nSPS) is 24.2. The van der Waals surface area contributed by atoms with Gasteiger partial charge in [0, 0.05) is 24.4 Å². The van der Waals surface area contributed by atoms with Gasteiger partial charge in [-0.05, 0) is 11.4 Å². The van der Waals surface area contributed by atoms with Crippen molar-refractivity contribution in [2.75, 3.05) is 19.7 Å². The van der Waals surface area contributed by atoms with Gasteiger partial charge in [0.05, 0.1) is 12.7 Å². The van der Waals surface area contributed by atoms with E-state index >= 15 is 0 Å². The second kappa shape index (κ2) is 4.03. The second-order valence-corrected chi connectivity index (χ2v) is 4.01. The third kappa shape index (κ3) is 2.06. The van der Waals surface area contributed by atoms with Crippen LogP contribution in [0.4, 0.5) is 0 Å². The summed E-state index contributed by atoms with van der Waals surface area (Å²) in [6.07, 6.45) is 1.45. The fourth-order valence-corrected chi connectivity index (χ4v) is 2.18. The third-order valence-corrected chi connectivity index (χ3v) is 2.91. The summed E-state index contributed by atoms with van der Waals surface area (Å²) in [5.74, 6) is 0. The van der Waals surface area contributed by atoms with Crippen LogP contribution in [-0.2, 0) is 11.2 Å². The zero-order valence-corrected chi connectivity index (χ0v) is 7.77. The van der Waals surface area contributed by atoms with Crippen molar-refractivity contribution in [3.63, 3.8) is 0 Å². The molecular weight excluding hydrogens is 170 g/mol. The van der Waals surface area contributed by atoms with E-state index in [4.69, 9.17) is 4.74 Å². The zero-order valence-electron chi connectivity index (χ0n) is 6.95. The van der Waals surface area contributed by atoms with E-state index in [1.807, 2.05) is 11.3 Å². The van der Waals surface area contributed by atoms with E-state index in [2.05, 4.69) is 22.8 Å². The minimum atomic E-state index is 0.386. The molecule has 12 heavy (non-hydrogen) atoms. The Balaban J connectivity index is 1.86. The first-order valence-electron chi connectivity index (χ1n) is 4.30. The maximum atomic E-state index is 5.60. The Labute approximate surface area is 76.6 Å². The van der Waals surface area contributed by atoms with Crippen LogP contribution in [0.3, 0.4) is 0 Å². The molecule has 1 fully saturated rings. The first-order chi connectivity index (χ1) is 5.95. The van der Waals surface area contributed by atoms with Crippen molar-refractivity contribution >= 4 is 11.3 Å². The van der Waals surface area contributed by atoms with E-state index in [-0.39, 0.29) is 0 Å². The first kappa shape index (κ1) is 8.23. The zero-order chi connectivity index (χ0) is 8.23. The third-order valence-electron chi connectivity index (χ3n) is 2.01. The Morgan fingerprint density at radius 1 is 1.67 bits per heavy atom. The summed E-state index contributed by atoms with van der Waals surface area (Å²) in [7, 11) is 0. The largest absolute Gasteiger partial charge is 0.375 e. The molecule has 2 rings (SSSR count). The summed E-state index contributed by atoms with van der Waals surface area (Å²) in [5, 5.41) is 5.44. The molecular formula is C9H13NOS. The van der Waals surface area contributed by atoms with Gasteiger partial charge < -0.3 is 10.1 Å². The van der Waals surface area contributed by atoms with Gasteiger partial charge in [-0.1, -0.05) is 6.07 Å². The van der Waals surface area contributed by atoms with Gasteiger partial charge >= 0.3 is 0 Å². The molecule has 2 nitrogen and oxygen atoms in total. The molecule has 0 spiro atoms. The smallest absolute Gasteiger partial charge is 0.0748 e. The van der Waals surface area contributed by atoms with Gasteiger partial charge in [-0.25, -0.2) is 0 Å². The predicted molar refractivity (Wildman–Crippen MR) is 50.6 cm³/mol. The highest BCUT2D eigenvalue weighted by molar-refractivity contribution is 7.09. The van der Waals surface area contributed by atoms with Crippen LogP contribution in [0.15, 0.2) is 17.5 Å². The molecule has 2 heterocycles. The minimum absolute atomic E-state index is 0.386. The highest BCUT2D eigenvalue weighted by atomic mass is 32.1. The van der Waals surface area contributed by atoms with Crippen molar-refractivity contribution in [1.29, 1.82) is 0 Å². The molecule has 66 valence electrons. The molecule has 0 saturated carbocycles. The molecule has 1 aliphatic heterocycles. The van der Waals surface area contributed by atoms with Crippen molar-refractivity contribution in [1.82, 2.24) is 5.32 Å². The lowest BCUT2D eigenvalue weighted by Gasteiger charge is -2.22. The Morgan fingerprint density at radius 3 is 3.33 bits per heavy atom. The summed E-state index contributed by atoms with van der Waals surface area (Å²) in [6, 6.07) is 4.26. The van der Waals surface area contributed by atoms with Gasteiger partial charge in [0.25, 0.3) is 0 Å². The van der Waals surface area contributed by atoms with Gasteiger partial charge in [-0.2, -0.15) is 0 Å². The number of ether oxygens (including phenoxy) is 1. The Hall–Kier alpha value is -0.380. The summed E-state index contributed by atoms with van der Waals surface area (Å²) < 4.78 is 5.60. The van der Waals surface area contributed by atoms with Gasteiger partial charge in [-0.15, -0.1) is 11.3 Å². The maximum Gasteiger partial charge on any atom is 0.0748 e. The summed E-state index contributed by atoms with van der Waals surface area (Å²) in [4.78, 5) is 1.42. The average Bonchev–Trinajstić information content (AvgIpc) is 2.59. The van der Waals surface area contributed by atoms with Crippen molar-refractivity contribution in [3.05, 3.63) is 22.4 Å². The van der Waals surface area contributed by atoms with Crippen LogP contribution < -0.4 is 5.32 Å². The van der Waals surface area contributed by atoms with Crippen molar-refractivity contribution in [3.8, 4) is 0 Å². The van der Waals surface area contributed by atoms with Crippen LogP contribution in [0, 0.1) is 0 Å². The molecule has 1 aliphatic rings. The first-order valence-corrected chi connectivity index (χ1v) is 5.18. The highest BCUT2D eigenvalue weighted by Crippen LogP contribution is 2.13. The number of nitrogens with one attached hydrogen (secondary N) is 1. The average molecular weight is 183 g/mol. The Morgan fingerprint density at radius 2 is 2.67 bits per heavy atom. The van der Waals surface area contributed by atoms with Gasteiger partial charge in [0.15, 0.2) is 0 Å². The minimum Gasteiger partial charge on any atom is -0.375 e. The van der Waals surface area contributed by atoms with E-state index in [9.17, 15) is 0 Å². The number of hydrogen-bond acceptors (Lipinski definition) is 3. The van der Waals surface area contributed by atoms with Crippen LogP contribution in [-0.4, -0.2) is 25.8 Å². The lowest BCUT2D eigenvalue weighted by molar-refractivity contribution is 0.0297. The Bertz CT molecular complexity index is 216. The molecule has 0 unspecified atom stereocenters. The fraction of sp³-hybridized carbons (Fsp3) is 0.556. The molecule has 0 radical (unpaired) electrons. The van der Waals surface area contributed by atoms with Crippen LogP contribution in [0.5, 0.6) is 0 Å². The number of thiophene rings is 1. The molecule has 3 heteroatoms. The van der Waals surface area contributed by atoms with Gasteiger partial charge in [0.2, 0.25) is 0 Å². The molecule has 0 aromatic carbocycles. The standard InChI is InChI=1S/C9H13NOS/c1-2-9(12-5-1)6-8-7-10-3-4-11-8/h1-2,5,8,10H,3-4,6-7H2/t8-/m1/s1. The molecule has 1 N–H and O–H groups in total. The van der Waals surface area contributed by atoms with Crippen LogP contribution in [0.1, 0.15) is 4.88 Å². The molecule has 0 amide bonds. The second-order valence-electron chi connectivity index (χ2n) is 2.98. The number of morpholine rings is 1. The van der Waals surface area contributed by atoms with Crippen LogP contribution >= 0.6 is 11.3 Å². The lowest BCUT2D eigenvalue weighted by atomic mass is 10.2. The van der Waals surface area contributed by atoms with E-state index in [1.54, 1.807) is 0 Å². The monoisotopic (exact) mass is 183 g/mol. The summed E-state index contributed by atoms with van der Waals surface area (Å²) in [5.41, 5.74) is 0. The summed E-state index contributed by atoms with van der Waals surface area (Å²) in [6.45, 7) is 2.86. The predicted octanol–water partition coefficient (Wildman–Crippen LogP) is 1.28. The topological polar surface area (TPSA) is 21.3 Å². The van der Waals surface area contributed by atoms with Crippen molar-refractivity contribution in [2.24, 2.45) is 0 Å².